The van der Waals surface area contributed by atoms with Gasteiger partial charge in [0.2, 0.25) is 0 Å². The molecule has 0 saturated carbocycles. The third kappa shape index (κ3) is 3.08. The number of carbonyl (C=O) groups is 1. The number of pyridine rings is 1. The topological polar surface area (TPSA) is 42.0 Å². The summed E-state index contributed by atoms with van der Waals surface area (Å²) < 4.78 is 0. The van der Waals surface area contributed by atoms with Crippen molar-refractivity contribution in [3.63, 3.8) is 0 Å². The molecule has 1 aromatic heterocycles. The molecule has 0 radical (unpaired) electrons. The maximum absolute atomic E-state index is 11.3. The van der Waals surface area contributed by atoms with Crippen LogP contribution in [0.25, 0.3) is 0 Å². The summed E-state index contributed by atoms with van der Waals surface area (Å²) >= 11 is 5.89. The van der Waals surface area contributed by atoms with E-state index in [2.05, 4.69) is 10.3 Å². The van der Waals surface area contributed by atoms with Gasteiger partial charge in [-0.15, -0.1) is 0 Å². The number of halogens is 1. The molecule has 0 atom stereocenters. The van der Waals surface area contributed by atoms with Gasteiger partial charge in [-0.05, 0) is 43.7 Å². The molecule has 0 fully saturated rings. The smallest absolute Gasteiger partial charge is 0.159 e. The van der Waals surface area contributed by atoms with Crippen molar-refractivity contribution < 1.29 is 4.79 Å². The molecule has 92 valence electrons. The van der Waals surface area contributed by atoms with Crippen LogP contribution < -0.4 is 5.32 Å². The highest BCUT2D eigenvalue weighted by molar-refractivity contribution is 6.29. The Bertz CT molecular complexity index is 576. The van der Waals surface area contributed by atoms with Gasteiger partial charge in [-0.3, -0.25) is 4.79 Å². The van der Waals surface area contributed by atoms with E-state index in [1.165, 1.54) is 0 Å². The number of hydrogen-bond donors (Lipinski definition) is 1. The quantitative estimate of drug-likeness (QED) is 0.670. The lowest BCUT2D eigenvalue weighted by atomic mass is 10.1. The average molecular weight is 261 g/mol. The Kier molecular flexibility index (Phi) is 3.63. The minimum Gasteiger partial charge on any atom is -0.340 e. The van der Waals surface area contributed by atoms with Crippen LogP contribution in [0.1, 0.15) is 22.8 Å². The Morgan fingerprint density at radius 1 is 1.28 bits per heavy atom. The minimum absolute atomic E-state index is 0.0360. The first kappa shape index (κ1) is 12.6. The standard InChI is InChI=1S/C14H13ClN2O/c1-9-6-13(15)17-14(7-9)16-12-5-3-4-11(8-12)10(2)18/h3-8H,1-2H3,(H,16,17). The molecule has 0 saturated heterocycles. The Morgan fingerprint density at radius 3 is 2.72 bits per heavy atom. The van der Waals surface area contributed by atoms with Gasteiger partial charge in [0.15, 0.2) is 5.78 Å². The zero-order valence-electron chi connectivity index (χ0n) is 10.2. The first-order valence-corrected chi connectivity index (χ1v) is 5.94. The lowest BCUT2D eigenvalue weighted by molar-refractivity contribution is 0.101. The molecule has 2 aromatic rings. The number of rotatable bonds is 3. The number of anilines is 2. The van der Waals surface area contributed by atoms with Gasteiger partial charge in [-0.2, -0.15) is 0 Å². The van der Waals surface area contributed by atoms with Crippen LogP contribution in [0.15, 0.2) is 36.4 Å². The van der Waals surface area contributed by atoms with Gasteiger partial charge >= 0.3 is 0 Å². The van der Waals surface area contributed by atoms with E-state index >= 15 is 0 Å². The molecule has 0 bridgehead atoms. The fourth-order valence-electron chi connectivity index (χ4n) is 1.65. The van der Waals surface area contributed by atoms with E-state index in [1.54, 1.807) is 25.1 Å². The maximum Gasteiger partial charge on any atom is 0.159 e. The van der Waals surface area contributed by atoms with E-state index in [0.29, 0.717) is 16.5 Å². The number of Topliss-reactive ketones (excluding diaryl/α,β-unsaturated/α-hetero) is 1. The van der Waals surface area contributed by atoms with Gasteiger partial charge in [0.25, 0.3) is 0 Å². The van der Waals surface area contributed by atoms with Crippen molar-refractivity contribution in [1.29, 1.82) is 0 Å². The number of aryl methyl sites for hydroxylation is 1. The number of nitrogens with one attached hydrogen (secondary N) is 1. The first-order valence-electron chi connectivity index (χ1n) is 5.57. The third-order valence-electron chi connectivity index (χ3n) is 2.48. The Morgan fingerprint density at radius 2 is 2.06 bits per heavy atom. The second-order valence-corrected chi connectivity index (χ2v) is 4.50. The summed E-state index contributed by atoms with van der Waals surface area (Å²) in [5.74, 6) is 0.703. The van der Waals surface area contributed by atoms with Crippen molar-refractivity contribution in [2.24, 2.45) is 0 Å². The van der Waals surface area contributed by atoms with Crippen molar-refractivity contribution in [3.8, 4) is 0 Å². The van der Waals surface area contributed by atoms with Gasteiger partial charge in [-0.25, -0.2) is 4.98 Å². The van der Waals surface area contributed by atoms with Crippen LogP contribution in [-0.2, 0) is 0 Å². The summed E-state index contributed by atoms with van der Waals surface area (Å²) in [6, 6.07) is 11.0. The number of nitrogens with zero attached hydrogens (tertiary/aromatic N) is 1. The average Bonchev–Trinajstić information content (AvgIpc) is 2.27. The van der Waals surface area contributed by atoms with Crippen molar-refractivity contribution in [1.82, 2.24) is 4.98 Å². The number of benzene rings is 1. The monoisotopic (exact) mass is 260 g/mol. The fraction of sp³-hybridized carbons (Fsp3) is 0.143. The van der Waals surface area contributed by atoms with Crippen LogP contribution in [0, 0.1) is 6.92 Å². The molecule has 4 heteroatoms. The van der Waals surface area contributed by atoms with E-state index in [1.807, 2.05) is 25.1 Å². The molecule has 18 heavy (non-hydrogen) atoms. The SMILES string of the molecule is CC(=O)c1cccc(Nc2cc(C)cc(Cl)n2)c1. The molecular weight excluding hydrogens is 248 g/mol. The number of ketones is 1. The molecule has 2 rings (SSSR count). The molecule has 0 spiro atoms. The van der Waals surface area contributed by atoms with E-state index in [9.17, 15) is 4.79 Å². The lowest BCUT2D eigenvalue weighted by Gasteiger charge is -2.07. The molecule has 1 aromatic carbocycles. The van der Waals surface area contributed by atoms with Crippen molar-refractivity contribution in [2.45, 2.75) is 13.8 Å². The lowest BCUT2D eigenvalue weighted by Crippen LogP contribution is -1.97. The van der Waals surface area contributed by atoms with Crippen LogP contribution >= 0.6 is 11.6 Å². The second-order valence-electron chi connectivity index (χ2n) is 4.11. The Hall–Kier alpha value is -1.87. The van der Waals surface area contributed by atoms with E-state index in [0.717, 1.165) is 11.3 Å². The third-order valence-corrected chi connectivity index (χ3v) is 2.67. The Labute approximate surface area is 111 Å². The molecule has 0 aliphatic carbocycles. The molecule has 0 aliphatic rings. The normalized spacial score (nSPS) is 10.2. The highest BCUT2D eigenvalue weighted by Gasteiger charge is 2.02. The molecule has 0 aliphatic heterocycles. The zero-order valence-corrected chi connectivity index (χ0v) is 11.0. The van der Waals surface area contributed by atoms with E-state index < -0.39 is 0 Å². The van der Waals surface area contributed by atoms with Gasteiger partial charge in [-0.1, -0.05) is 23.7 Å². The van der Waals surface area contributed by atoms with Crippen LogP contribution in [0.2, 0.25) is 5.15 Å². The maximum atomic E-state index is 11.3. The van der Waals surface area contributed by atoms with E-state index in [4.69, 9.17) is 11.6 Å². The predicted molar refractivity (Wildman–Crippen MR) is 73.7 cm³/mol. The van der Waals surface area contributed by atoms with Crippen LogP contribution in [0.4, 0.5) is 11.5 Å². The van der Waals surface area contributed by atoms with Gasteiger partial charge in [0, 0.05) is 11.3 Å². The fourth-order valence-corrected chi connectivity index (χ4v) is 1.92. The highest BCUT2D eigenvalue weighted by Crippen LogP contribution is 2.19. The van der Waals surface area contributed by atoms with Gasteiger partial charge < -0.3 is 5.32 Å². The number of aromatic nitrogens is 1. The molecule has 0 unspecified atom stereocenters. The second kappa shape index (κ2) is 5.19. The van der Waals surface area contributed by atoms with Crippen molar-refractivity contribution in [3.05, 3.63) is 52.7 Å². The van der Waals surface area contributed by atoms with Crippen LogP contribution in [0.3, 0.4) is 0 Å². The van der Waals surface area contributed by atoms with Gasteiger partial charge in [0.1, 0.15) is 11.0 Å². The summed E-state index contributed by atoms with van der Waals surface area (Å²) in [6.45, 7) is 3.49. The summed E-state index contributed by atoms with van der Waals surface area (Å²) in [5.41, 5.74) is 2.51. The minimum atomic E-state index is 0.0360. The molecule has 0 amide bonds. The molecule has 1 N–H and O–H groups in total. The van der Waals surface area contributed by atoms with Crippen molar-refractivity contribution in [2.75, 3.05) is 5.32 Å². The summed E-state index contributed by atoms with van der Waals surface area (Å²) in [4.78, 5) is 15.5. The van der Waals surface area contributed by atoms with Crippen LogP contribution in [0.5, 0.6) is 0 Å². The predicted octanol–water partition coefficient (Wildman–Crippen LogP) is 3.99. The highest BCUT2D eigenvalue weighted by atomic mass is 35.5. The Balaban J connectivity index is 2.28. The molecular formula is C14H13ClN2O. The summed E-state index contributed by atoms with van der Waals surface area (Å²) in [6.07, 6.45) is 0. The summed E-state index contributed by atoms with van der Waals surface area (Å²) in [5, 5.41) is 3.58. The largest absolute Gasteiger partial charge is 0.340 e. The van der Waals surface area contributed by atoms with Crippen molar-refractivity contribution >= 4 is 28.9 Å². The zero-order chi connectivity index (χ0) is 13.1. The number of carbonyl (C=O) groups excluding carboxylic acids is 1. The van der Waals surface area contributed by atoms with Gasteiger partial charge in [0.05, 0.1) is 0 Å². The number of hydrogen-bond acceptors (Lipinski definition) is 3. The van der Waals surface area contributed by atoms with Crippen LogP contribution in [-0.4, -0.2) is 10.8 Å². The first-order chi connectivity index (χ1) is 8.54. The molecule has 1 heterocycles. The summed E-state index contributed by atoms with van der Waals surface area (Å²) in [7, 11) is 0. The van der Waals surface area contributed by atoms with E-state index in [-0.39, 0.29) is 5.78 Å². The molecule has 3 nitrogen and oxygen atoms in total.